The van der Waals surface area contributed by atoms with Gasteiger partial charge in [0.15, 0.2) is 0 Å². The first-order chi connectivity index (χ1) is 44.1. The molecule has 4 aromatic carbocycles. The molecule has 0 aliphatic heterocycles. The third-order valence-corrected chi connectivity index (χ3v) is 15.4. The van der Waals surface area contributed by atoms with Crippen LogP contribution in [0.5, 0.6) is 0 Å². The zero-order valence-electron chi connectivity index (χ0n) is 59.8. The van der Waals surface area contributed by atoms with Crippen molar-refractivity contribution < 1.29 is 158 Å². The molecule has 0 radical (unpaired) electrons. The Hall–Kier alpha value is -3.63. The molecular weight excluding hydrogens is 1280 g/mol. The predicted molar refractivity (Wildman–Crippen MR) is 360 cm³/mol. The van der Waals surface area contributed by atoms with E-state index in [0.29, 0.717) is 47.1 Å². The van der Waals surface area contributed by atoms with Gasteiger partial charge in [0.05, 0.1) is 30.7 Å². The summed E-state index contributed by atoms with van der Waals surface area (Å²) in [6.45, 7) is 21.6. The van der Waals surface area contributed by atoms with Gasteiger partial charge in [0.1, 0.15) is 23.3 Å². The summed E-state index contributed by atoms with van der Waals surface area (Å²) in [5.74, 6) is -4.83. The maximum Gasteiger partial charge on any atom is 1.00 e. The third-order valence-electron chi connectivity index (χ3n) is 15.0. The topological polar surface area (TPSA) is 235 Å². The number of unbranched alkanes of at least 4 members (excludes halogenated alkanes) is 16. The van der Waals surface area contributed by atoms with Gasteiger partial charge in [-0.25, -0.2) is 22.4 Å². The van der Waals surface area contributed by atoms with Crippen molar-refractivity contribution in [1.82, 2.24) is 0 Å². The van der Waals surface area contributed by atoms with E-state index >= 15 is 0 Å². The van der Waals surface area contributed by atoms with Crippen LogP contribution >= 0.6 is 0 Å². The van der Waals surface area contributed by atoms with Crippen LogP contribution in [0.15, 0.2) is 48.5 Å². The normalized spacial score (nSPS) is 10.0. The summed E-state index contributed by atoms with van der Waals surface area (Å²) in [7, 11) is -3.97. The van der Waals surface area contributed by atoms with Gasteiger partial charge in [-0.05, 0) is 164 Å². The molecule has 96 heavy (non-hydrogen) atoms. The second-order valence-electron chi connectivity index (χ2n) is 23.2. The largest absolute Gasteiger partial charge is 1.00 e. The van der Waals surface area contributed by atoms with E-state index in [9.17, 15) is 45.5 Å². The summed E-state index contributed by atoms with van der Waals surface area (Å²) in [5, 5.41) is 43.2. The van der Waals surface area contributed by atoms with E-state index in [1.165, 1.54) is 24.5 Å². The number of aryl methyl sites for hydroxylation is 8. The molecule has 13 nitrogen and oxygen atoms in total. The Labute approximate surface area is 642 Å². The first-order valence-corrected chi connectivity index (χ1v) is 35.3. The van der Waals surface area contributed by atoms with Crippen LogP contribution in [0, 0.1) is 46.4 Å². The molecule has 0 spiro atoms. The SMILES string of the molecule is C.CCCCCc1cc(CC#N)c(F)c(CCCCC)c1.CCCCCc1cc(CCCCC)c(F)c(C(=O)OS(C)(=O)=O)c1.CCCCCc1cc(CCCCC)c(F)c(CC(=O)O)c1.CCCCCc1cc(CCCCC)c(F)c(CC(=O)[O-])c1.O=CO[O-].[C-]#N.[Na+].[Na+].[Na+]. The number of carboxylic acids is 2. The second kappa shape index (κ2) is 65.9. The van der Waals surface area contributed by atoms with Crippen molar-refractivity contribution in [1.29, 1.82) is 10.5 Å². The van der Waals surface area contributed by atoms with E-state index in [2.05, 4.69) is 70.5 Å². The molecule has 0 aliphatic rings. The molecule has 0 atom stereocenters. The van der Waals surface area contributed by atoms with Gasteiger partial charge >= 0.3 is 111 Å². The molecular formula is C75H111F4N2Na3O11S. The van der Waals surface area contributed by atoms with Gasteiger partial charge < -0.3 is 41.2 Å². The van der Waals surface area contributed by atoms with Crippen LogP contribution in [-0.2, 0) is 104 Å². The van der Waals surface area contributed by atoms with Gasteiger partial charge in [0.2, 0.25) is 0 Å². The summed E-state index contributed by atoms with van der Waals surface area (Å²) >= 11 is 0. The zero-order chi connectivity index (χ0) is 69.7. The number of carboxylic acid groups (broad SMARTS) is 2. The Morgan fingerprint density at radius 2 is 0.729 bits per heavy atom. The second-order valence-corrected chi connectivity index (χ2v) is 24.8. The monoisotopic (exact) mass is 1390 g/mol. The quantitative estimate of drug-likeness (QED) is 0.00644. The van der Waals surface area contributed by atoms with Crippen molar-refractivity contribution in [3.05, 3.63) is 145 Å². The number of nitrogens with zero attached hydrogens (tertiary/aromatic N) is 2. The van der Waals surface area contributed by atoms with Crippen LogP contribution < -0.4 is 99.0 Å². The molecule has 21 heteroatoms. The molecule has 0 bridgehead atoms. The number of rotatable bonds is 40. The number of benzene rings is 4. The molecule has 0 fully saturated rings. The number of carbonyl (C=O) groups is 4. The Kier molecular flexibility index (Phi) is 71.0. The van der Waals surface area contributed by atoms with Gasteiger partial charge in [-0.2, -0.15) is 13.7 Å². The van der Waals surface area contributed by atoms with Crippen molar-refractivity contribution >= 4 is 34.5 Å². The Morgan fingerprint density at radius 3 is 0.990 bits per heavy atom. The van der Waals surface area contributed by atoms with Crippen molar-refractivity contribution in [3.63, 3.8) is 0 Å². The first kappa shape index (κ1) is 103. The molecule has 524 valence electrons. The van der Waals surface area contributed by atoms with E-state index in [1.807, 2.05) is 24.3 Å². The minimum atomic E-state index is -3.97. The fourth-order valence-corrected chi connectivity index (χ4v) is 10.6. The molecule has 4 rings (SSSR count). The molecule has 0 aliphatic carbocycles. The number of halogens is 4. The van der Waals surface area contributed by atoms with Crippen molar-refractivity contribution in [3.8, 4) is 6.07 Å². The van der Waals surface area contributed by atoms with Crippen LogP contribution in [-0.4, -0.2) is 44.2 Å². The minimum Gasteiger partial charge on any atom is -0.662 e. The summed E-state index contributed by atoms with van der Waals surface area (Å²) in [4.78, 5) is 44.9. The number of nitriles is 1. The molecule has 0 amide bonds. The van der Waals surface area contributed by atoms with E-state index in [4.69, 9.17) is 32.3 Å². The van der Waals surface area contributed by atoms with Crippen LogP contribution in [0.4, 0.5) is 17.6 Å². The zero-order valence-corrected chi connectivity index (χ0v) is 66.6. The number of carbonyl (C=O) groups excluding carboxylic acids is 3. The maximum absolute atomic E-state index is 14.6. The molecule has 4 aromatic rings. The third kappa shape index (κ3) is 49.0. The van der Waals surface area contributed by atoms with Crippen molar-refractivity contribution in [2.45, 2.75) is 288 Å². The molecule has 0 heterocycles. The van der Waals surface area contributed by atoms with Crippen LogP contribution in [0.25, 0.3) is 0 Å². The van der Waals surface area contributed by atoms with Gasteiger partial charge in [-0.3, -0.25) is 9.59 Å². The standard InChI is InChI=1S/C18H26FN.C18H27FO4S.2C18H27FO2.CN.CH2O3.CH4.3Na/c1-3-5-7-9-15-13-16(10-8-6-4-2)18(19)17(14-15)11-12-20;1-4-6-8-10-14-12-15(11-9-7-5-2)17(19)16(13-14)18(20)23-24(3,21)22;2*1-3-5-7-9-14-11-15(10-8-6-4-2)18(19)16(12-14)13-17(20)21;1-2;2-1-4-3;;;;/h13-14H,3-11H2,1-2H3;12-13H,4-11H2,1-3H3;2*11-12H,3-10,13H2,1-2H3,(H,20,21);;1,3H;1H4;;;/q;;;;-1;;;3*+1/p-2. The molecule has 0 saturated heterocycles. The predicted octanol–water partition coefficient (Wildman–Crippen LogP) is 8.45. The van der Waals surface area contributed by atoms with Crippen molar-refractivity contribution in [2.75, 3.05) is 6.26 Å². The minimum absolute atomic E-state index is 0. The number of hydrogen-bond acceptors (Lipinski definition) is 12. The van der Waals surface area contributed by atoms with E-state index in [0.717, 1.165) is 202 Å². The van der Waals surface area contributed by atoms with Crippen LogP contribution in [0.1, 0.15) is 288 Å². The van der Waals surface area contributed by atoms with Gasteiger partial charge in [-0.1, -0.05) is 208 Å². The summed E-state index contributed by atoms with van der Waals surface area (Å²) in [6, 6.07) is 16.5. The Balaban J connectivity index is -0.000000270. The average molecular weight is 1390 g/mol. The van der Waals surface area contributed by atoms with E-state index < -0.39 is 33.8 Å². The van der Waals surface area contributed by atoms with Gasteiger partial charge in [-0.15, -0.1) is 0 Å². The Morgan fingerprint density at radius 1 is 0.479 bits per heavy atom. The Bertz CT molecular complexity index is 2820. The maximum atomic E-state index is 14.6. The summed E-state index contributed by atoms with van der Waals surface area (Å²) in [6.07, 6.45) is 32.2. The number of hydrogen-bond donors (Lipinski definition) is 1. The average Bonchev–Trinajstić information content (AvgIpc) is 0.851. The molecule has 1 N–H and O–H groups in total. The smallest absolute Gasteiger partial charge is 0.662 e. The van der Waals surface area contributed by atoms with Crippen LogP contribution in [0.2, 0.25) is 0 Å². The van der Waals surface area contributed by atoms with E-state index in [1.54, 1.807) is 18.2 Å². The van der Waals surface area contributed by atoms with Gasteiger partial charge in [0.25, 0.3) is 6.47 Å². The van der Waals surface area contributed by atoms with E-state index in [-0.39, 0.29) is 150 Å². The van der Waals surface area contributed by atoms with Gasteiger partial charge in [0, 0.05) is 18.0 Å². The van der Waals surface area contributed by atoms with Crippen molar-refractivity contribution in [2.24, 2.45) is 0 Å². The molecule has 0 aromatic heterocycles. The summed E-state index contributed by atoms with van der Waals surface area (Å²) < 4.78 is 84.3. The fraction of sp³-hybridized carbons (Fsp3) is 0.600. The summed E-state index contributed by atoms with van der Waals surface area (Å²) in [5.41, 5.74) is 7.67. The van der Waals surface area contributed by atoms with Crippen LogP contribution in [0.3, 0.4) is 0 Å². The molecule has 0 saturated carbocycles. The first-order valence-electron chi connectivity index (χ1n) is 33.5. The molecule has 0 unspecified atom stereocenters. The number of aliphatic carboxylic acids is 2. The fourth-order valence-electron chi connectivity index (χ4n) is 10.2.